The molecule has 4 N–H and O–H groups in total. The first-order valence-electron chi connectivity index (χ1n) is 6.34. The number of hydrazine groups is 1. The first-order chi connectivity index (χ1) is 9.72. The lowest BCUT2D eigenvalue weighted by atomic mass is 10.2. The molecule has 0 heterocycles. The number of carbonyl (C=O) groups excluding carboxylic acids is 1. The molecule has 5 heteroatoms. The van der Waals surface area contributed by atoms with E-state index in [-0.39, 0.29) is 5.91 Å². The van der Waals surface area contributed by atoms with Crippen LogP contribution in [0.2, 0.25) is 0 Å². The Bertz CT molecular complexity index is 565. The average molecular weight is 271 g/mol. The highest BCUT2D eigenvalue weighted by Gasteiger charge is 2.05. The predicted molar refractivity (Wildman–Crippen MR) is 79.8 cm³/mol. The van der Waals surface area contributed by atoms with E-state index in [1.807, 2.05) is 19.1 Å². The number of nitrogens with one attached hydrogen (secondary N) is 2. The lowest BCUT2D eigenvalue weighted by molar-refractivity contribution is 0.102. The van der Waals surface area contributed by atoms with E-state index in [1.54, 1.807) is 36.4 Å². The zero-order chi connectivity index (χ0) is 14.4. The van der Waals surface area contributed by atoms with Gasteiger partial charge in [0, 0.05) is 16.9 Å². The Labute approximate surface area is 117 Å². The van der Waals surface area contributed by atoms with E-state index in [0.29, 0.717) is 12.2 Å². The minimum Gasteiger partial charge on any atom is -0.494 e. The summed E-state index contributed by atoms with van der Waals surface area (Å²) < 4.78 is 5.34. The summed E-state index contributed by atoms with van der Waals surface area (Å²) in [5.74, 6) is 5.89. The average Bonchev–Trinajstić information content (AvgIpc) is 2.49. The number of hydrogen-bond donors (Lipinski definition) is 3. The molecular weight excluding hydrogens is 254 g/mol. The van der Waals surface area contributed by atoms with Crippen LogP contribution in [0.3, 0.4) is 0 Å². The van der Waals surface area contributed by atoms with E-state index >= 15 is 0 Å². The number of carbonyl (C=O) groups is 1. The van der Waals surface area contributed by atoms with Crippen LogP contribution in [0.4, 0.5) is 11.4 Å². The van der Waals surface area contributed by atoms with Crippen LogP contribution < -0.4 is 21.3 Å². The zero-order valence-corrected chi connectivity index (χ0v) is 11.2. The van der Waals surface area contributed by atoms with Gasteiger partial charge in [-0.05, 0) is 55.5 Å². The maximum absolute atomic E-state index is 12.0. The SMILES string of the molecule is CCOc1ccc(NC(=O)c2ccc(NN)cc2)cc1. The van der Waals surface area contributed by atoms with Crippen molar-refractivity contribution in [1.82, 2.24) is 0 Å². The van der Waals surface area contributed by atoms with Crippen LogP contribution >= 0.6 is 0 Å². The van der Waals surface area contributed by atoms with E-state index in [0.717, 1.165) is 17.1 Å². The molecule has 0 aliphatic carbocycles. The van der Waals surface area contributed by atoms with E-state index in [1.165, 1.54) is 0 Å². The fourth-order valence-corrected chi connectivity index (χ4v) is 1.72. The molecule has 0 aliphatic heterocycles. The largest absolute Gasteiger partial charge is 0.494 e. The predicted octanol–water partition coefficient (Wildman–Crippen LogP) is 2.62. The molecule has 0 unspecified atom stereocenters. The zero-order valence-electron chi connectivity index (χ0n) is 11.2. The second-order valence-electron chi connectivity index (χ2n) is 4.13. The number of nitrogens with two attached hydrogens (primary N) is 1. The van der Waals surface area contributed by atoms with Crippen LogP contribution in [0.15, 0.2) is 48.5 Å². The van der Waals surface area contributed by atoms with Gasteiger partial charge in [0.1, 0.15) is 5.75 Å². The summed E-state index contributed by atoms with van der Waals surface area (Å²) in [5.41, 5.74) is 4.56. The Balaban J connectivity index is 2.02. The van der Waals surface area contributed by atoms with Crippen LogP contribution in [0.5, 0.6) is 5.75 Å². The minimum atomic E-state index is -0.169. The molecule has 5 nitrogen and oxygen atoms in total. The summed E-state index contributed by atoms with van der Waals surface area (Å²) in [6.45, 7) is 2.54. The molecule has 0 saturated heterocycles. The first-order valence-corrected chi connectivity index (χ1v) is 6.34. The van der Waals surface area contributed by atoms with Gasteiger partial charge in [-0.3, -0.25) is 10.6 Å². The molecule has 0 radical (unpaired) electrons. The molecule has 0 aromatic heterocycles. The number of nitrogen functional groups attached to an aromatic ring is 1. The van der Waals surface area contributed by atoms with Crippen molar-refractivity contribution in [3.05, 3.63) is 54.1 Å². The maximum atomic E-state index is 12.0. The highest BCUT2D eigenvalue weighted by molar-refractivity contribution is 6.04. The monoisotopic (exact) mass is 271 g/mol. The number of hydrogen-bond acceptors (Lipinski definition) is 4. The van der Waals surface area contributed by atoms with Crippen molar-refractivity contribution in [3.63, 3.8) is 0 Å². The van der Waals surface area contributed by atoms with Gasteiger partial charge in [0.05, 0.1) is 6.61 Å². The second-order valence-corrected chi connectivity index (χ2v) is 4.13. The molecular formula is C15H17N3O2. The quantitative estimate of drug-likeness (QED) is 0.577. The Morgan fingerprint density at radius 2 is 1.65 bits per heavy atom. The molecule has 104 valence electrons. The van der Waals surface area contributed by atoms with E-state index < -0.39 is 0 Å². The Hall–Kier alpha value is -2.53. The van der Waals surface area contributed by atoms with E-state index in [9.17, 15) is 4.79 Å². The fourth-order valence-electron chi connectivity index (χ4n) is 1.72. The van der Waals surface area contributed by atoms with Crippen LogP contribution in [0, 0.1) is 0 Å². The number of rotatable bonds is 5. The lowest BCUT2D eigenvalue weighted by Crippen LogP contribution is -2.12. The Morgan fingerprint density at radius 1 is 1.05 bits per heavy atom. The fraction of sp³-hybridized carbons (Fsp3) is 0.133. The smallest absolute Gasteiger partial charge is 0.255 e. The number of benzene rings is 2. The summed E-state index contributed by atoms with van der Waals surface area (Å²) in [7, 11) is 0. The van der Waals surface area contributed by atoms with Crippen LogP contribution in [-0.4, -0.2) is 12.5 Å². The van der Waals surface area contributed by atoms with Gasteiger partial charge in [0.15, 0.2) is 0 Å². The molecule has 0 saturated carbocycles. The summed E-state index contributed by atoms with van der Waals surface area (Å²) in [4.78, 5) is 12.0. The van der Waals surface area contributed by atoms with Crippen molar-refractivity contribution in [2.24, 2.45) is 5.84 Å². The molecule has 0 fully saturated rings. The van der Waals surface area contributed by atoms with Crippen molar-refractivity contribution < 1.29 is 9.53 Å². The van der Waals surface area contributed by atoms with Crippen LogP contribution in [0.1, 0.15) is 17.3 Å². The third kappa shape index (κ3) is 3.49. The second kappa shape index (κ2) is 6.58. The van der Waals surface area contributed by atoms with Gasteiger partial charge in [0.2, 0.25) is 0 Å². The molecule has 2 aromatic carbocycles. The van der Waals surface area contributed by atoms with Gasteiger partial charge >= 0.3 is 0 Å². The van der Waals surface area contributed by atoms with E-state index in [2.05, 4.69) is 10.7 Å². The standard InChI is InChI=1S/C15H17N3O2/c1-2-20-14-9-7-12(8-10-14)17-15(19)11-3-5-13(18-16)6-4-11/h3-10,18H,2,16H2,1H3,(H,17,19). The third-order valence-electron chi connectivity index (χ3n) is 2.74. The van der Waals surface area contributed by atoms with Gasteiger partial charge in [0.25, 0.3) is 5.91 Å². The van der Waals surface area contributed by atoms with Gasteiger partial charge in [-0.15, -0.1) is 0 Å². The molecule has 1 amide bonds. The summed E-state index contributed by atoms with van der Waals surface area (Å²) in [6.07, 6.45) is 0. The molecule has 0 aliphatic rings. The van der Waals surface area contributed by atoms with Crippen LogP contribution in [0.25, 0.3) is 0 Å². The van der Waals surface area contributed by atoms with Gasteiger partial charge in [-0.2, -0.15) is 0 Å². The minimum absolute atomic E-state index is 0.169. The molecule has 20 heavy (non-hydrogen) atoms. The highest BCUT2D eigenvalue weighted by atomic mass is 16.5. The van der Waals surface area contributed by atoms with Crippen molar-refractivity contribution in [3.8, 4) is 5.75 Å². The molecule has 0 spiro atoms. The number of anilines is 2. The lowest BCUT2D eigenvalue weighted by Gasteiger charge is -2.07. The van der Waals surface area contributed by atoms with Crippen LogP contribution in [-0.2, 0) is 0 Å². The highest BCUT2D eigenvalue weighted by Crippen LogP contribution is 2.17. The van der Waals surface area contributed by atoms with Gasteiger partial charge in [-0.1, -0.05) is 0 Å². The van der Waals surface area contributed by atoms with Crippen molar-refractivity contribution in [2.45, 2.75) is 6.92 Å². The number of ether oxygens (including phenoxy) is 1. The maximum Gasteiger partial charge on any atom is 0.255 e. The molecule has 2 rings (SSSR count). The van der Waals surface area contributed by atoms with Crippen molar-refractivity contribution >= 4 is 17.3 Å². The van der Waals surface area contributed by atoms with Crippen molar-refractivity contribution in [1.29, 1.82) is 0 Å². The Kier molecular flexibility index (Phi) is 4.57. The first kappa shape index (κ1) is 13.9. The molecule has 2 aromatic rings. The summed E-state index contributed by atoms with van der Waals surface area (Å²) >= 11 is 0. The molecule has 0 bridgehead atoms. The third-order valence-corrected chi connectivity index (χ3v) is 2.74. The summed E-state index contributed by atoms with van der Waals surface area (Å²) in [5, 5.41) is 2.82. The number of amides is 1. The van der Waals surface area contributed by atoms with E-state index in [4.69, 9.17) is 10.6 Å². The topological polar surface area (TPSA) is 76.4 Å². The Morgan fingerprint density at radius 3 is 2.20 bits per heavy atom. The molecule has 0 atom stereocenters. The van der Waals surface area contributed by atoms with Crippen molar-refractivity contribution in [2.75, 3.05) is 17.3 Å². The normalized spacial score (nSPS) is 9.90. The van der Waals surface area contributed by atoms with Gasteiger partial charge < -0.3 is 15.5 Å². The summed E-state index contributed by atoms with van der Waals surface area (Å²) in [6, 6.07) is 14.1. The van der Waals surface area contributed by atoms with Gasteiger partial charge in [-0.25, -0.2) is 0 Å².